The van der Waals surface area contributed by atoms with Crippen molar-refractivity contribution in [1.82, 2.24) is 0 Å². The van der Waals surface area contributed by atoms with Gasteiger partial charge in [0, 0.05) is 19.5 Å². The highest BCUT2D eigenvalue weighted by Crippen LogP contribution is 2.46. The molecule has 1 aliphatic heterocycles. The Balaban J connectivity index is 2.67. The standard InChI is InChI=1S/C13H12F3NO3/c1-17-10-5-11(20-2)7(6-18)3-8(10)9(4-12(17)19)13(14,15)16/h3,5-6,9H,4H2,1-2H3. The van der Waals surface area contributed by atoms with E-state index in [-0.39, 0.29) is 22.6 Å². The fraction of sp³-hybridized carbons (Fsp3) is 0.385. The number of methoxy groups -OCH3 is 1. The molecule has 20 heavy (non-hydrogen) atoms. The molecule has 1 aliphatic rings. The maximum Gasteiger partial charge on any atom is 0.396 e. The van der Waals surface area contributed by atoms with E-state index >= 15 is 0 Å². The minimum Gasteiger partial charge on any atom is -0.496 e. The molecule has 1 heterocycles. The highest BCUT2D eigenvalue weighted by molar-refractivity contribution is 5.98. The summed E-state index contributed by atoms with van der Waals surface area (Å²) in [5.41, 5.74) is 0.0665. The van der Waals surface area contributed by atoms with E-state index in [1.807, 2.05) is 0 Å². The highest BCUT2D eigenvalue weighted by Gasteiger charge is 2.46. The van der Waals surface area contributed by atoms with Gasteiger partial charge in [0.2, 0.25) is 5.91 Å². The third-order valence-electron chi connectivity index (χ3n) is 3.39. The van der Waals surface area contributed by atoms with Crippen molar-refractivity contribution in [2.45, 2.75) is 18.5 Å². The number of hydrogen-bond acceptors (Lipinski definition) is 3. The number of benzene rings is 1. The number of fused-ring (bicyclic) bond motifs is 1. The number of carbonyl (C=O) groups excluding carboxylic acids is 2. The van der Waals surface area contributed by atoms with Crippen LogP contribution in [0.4, 0.5) is 18.9 Å². The lowest BCUT2D eigenvalue weighted by Crippen LogP contribution is -2.38. The fourth-order valence-corrected chi connectivity index (χ4v) is 2.29. The summed E-state index contributed by atoms with van der Waals surface area (Å²) in [6.07, 6.45) is -4.76. The summed E-state index contributed by atoms with van der Waals surface area (Å²) in [5, 5.41) is 0. The molecule has 1 aromatic rings. The van der Waals surface area contributed by atoms with Gasteiger partial charge >= 0.3 is 6.18 Å². The molecule has 2 rings (SSSR count). The Morgan fingerprint density at radius 2 is 2.05 bits per heavy atom. The Labute approximate surface area is 113 Å². The number of anilines is 1. The van der Waals surface area contributed by atoms with Crippen LogP contribution in [-0.4, -0.2) is 32.5 Å². The van der Waals surface area contributed by atoms with Gasteiger partial charge in [-0.25, -0.2) is 0 Å². The second-order valence-electron chi connectivity index (χ2n) is 4.52. The van der Waals surface area contributed by atoms with Crippen LogP contribution in [0.15, 0.2) is 12.1 Å². The lowest BCUT2D eigenvalue weighted by Gasteiger charge is -2.33. The highest BCUT2D eigenvalue weighted by atomic mass is 19.4. The van der Waals surface area contributed by atoms with E-state index in [4.69, 9.17) is 4.74 Å². The Bertz CT molecular complexity index is 569. The van der Waals surface area contributed by atoms with Crippen LogP contribution in [0.25, 0.3) is 0 Å². The Morgan fingerprint density at radius 1 is 1.40 bits per heavy atom. The van der Waals surface area contributed by atoms with Gasteiger partial charge in [-0.3, -0.25) is 9.59 Å². The molecule has 0 aromatic heterocycles. The van der Waals surface area contributed by atoms with Crippen LogP contribution < -0.4 is 9.64 Å². The largest absolute Gasteiger partial charge is 0.496 e. The average molecular weight is 287 g/mol. The predicted molar refractivity (Wildman–Crippen MR) is 65.2 cm³/mol. The number of carbonyl (C=O) groups is 2. The molecule has 0 N–H and O–H groups in total. The second-order valence-corrected chi connectivity index (χ2v) is 4.52. The molecule has 1 atom stereocenters. The zero-order valence-electron chi connectivity index (χ0n) is 10.8. The van der Waals surface area contributed by atoms with E-state index in [2.05, 4.69) is 0 Å². The van der Waals surface area contributed by atoms with Crippen LogP contribution in [0.3, 0.4) is 0 Å². The number of hydrogen-bond donors (Lipinski definition) is 0. The van der Waals surface area contributed by atoms with Crippen LogP contribution in [0, 0.1) is 0 Å². The van der Waals surface area contributed by atoms with E-state index in [0.29, 0.717) is 6.29 Å². The molecule has 0 saturated heterocycles. The van der Waals surface area contributed by atoms with Gasteiger partial charge in [-0.1, -0.05) is 0 Å². The number of nitrogens with zero attached hydrogens (tertiary/aromatic N) is 1. The van der Waals surface area contributed by atoms with Gasteiger partial charge < -0.3 is 9.64 Å². The molecule has 4 nitrogen and oxygen atoms in total. The summed E-state index contributed by atoms with van der Waals surface area (Å²) in [4.78, 5) is 23.8. The Kier molecular flexibility index (Phi) is 3.45. The Morgan fingerprint density at radius 3 is 2.55 bits per heavy atom. The first-order chi connectivity index (χ1) is 9.29. The van der Waals surface area contributed by atoms with Gasteiger partial charge in [-0.15, -0.1) is 0 Å². The average Bonchev–Trinajstić information content (AvgIpc) is 2.40. The van der Waals surface area contributed by atoms with Crippen molar-refractivity contribution in [1.29, 1.82) is 0 Å². The molecule has 1 amide bonds. The molecule has 0 fully saturated rings. The van der Waals surface area contributed by atoms with E-state index in [1.54, 1.807) is 0 Å². The molecule has 1 unspecified atom stereocenters. The molecule has 0 aliphatic carbocycles. The first-order valence-corrected chi connectivity index (χ1v) is 5.80. The van der Waals surface area contributed by atoms with Crippen LogP contribution >= 0.6 is 0 Å². The van der Waals surface area contributed by atoms with Crippen molar-refractivity contribution in [3.8, 4) is 5.75 Å². The number of ether oxygens (including phenoxy) is 1. The Hall–Kier alpha value is -2.05. The van der Waals surface area contributed by atoms with Gasteiger partial charge in [-0.05, 0) is 11.6 Å². The van der Waals surface area contributed by atoms with E-state index in [1.165, 1.54) is 20.2 Å². The summed E-state index contributed by atoms with van der Waals surface area (Å²) in [6.45, 7) is 0. The third kappa shape index (κ3) is 2.23. The van der Waals surface area contributed by atoms with Gasteiger partial charge in [-0.2, -0.15) is 13.2 Å². The lowest BCUT2D eigenvalue weighted by atomic mass is 9.87. The van der Waals surface area contributed by atoms with E-state index < -0.39 is 24.4 Å². The monoisotopic (exact) mass is 287 g/mol. The molecule has 0 bridgehead atoms. The number of amides is 1. The molecule has 0 saturated carbocycles. The third-order valence-corrected chi connectivity index (χ3v) is 3.39. The van der Waals surface area contributed by atoms with Crippen molar-refractivity contribution in [3.63, 3.8) is 0 Å². The fourth-order valence-electron chi connectivity index (χ4n) is 2.29. The number of aldehydes is 1. The summed E-state index contributed by atoms with van der Waals surface area (Å²) < 4.78 is 44.1. The lowest BCUT2D eigenvalue weighted by molar-refractivity contribution is -0.157. The zero-order valence-corrected chi connectivity index (χ0v) is 10.8. The molecular formula is C13H12F3NO3. The quantitative estimate of drug-likeness (QED) is 0.785. The number of halogens is 3. The first-order valence-electron chi connectivity index (χ1n) is 5.80. The maximum atomic E-state index is 13.0. The van der Waals surface area contributed by atoms with Crippen molar-refractivity contribution >= 4 is 17.9 Å². The molecule has 0 spiro atoms. The van der Waals surface area contributed by atoms with Gasteiger partial charge in [0.15, 0.2) is 6.29 Å². The summed E-state index contributed by atoms with van der Waals surface area (Å²) >= 11 is 0. The summed E-state index contributed by atoms with van der Waals surface area (Å²) in [5.74, 6) is -2.38. The second kappa shape index (κ2) is 4.81. The smallest absolute Gasteiger partial charge is 0.396 e. The molecule has 0 radical (unpaired) electrons. The molecule has 7 heteroatoms. The van der Waals surface area contributed by atoms with Crippen molar-refractivity contribution in [3.05, 3.63) is 23.3 Å². The summed E-state index contributed by atoms with van der Waals surface area (Å²) in [6, 6.07) is 2.43. The van der Waals surface area contributed by atoms with Crippen LogP contribution in [0.5, 0.6) is 5.75 Å². The van der Waals surface area contributed by atoms with Crippen molar-refractivity contribution in [2.24, 2.45) is 0 Å². The first kappa shape index (κ1) is 14.4. The van der Waals surface area contributed by atoms with Crippen molar-refractivity contribution < 1.29 is 27.5 Å². The minimum atomic E-state index is -4.54. The molecule has 108 valence electrons. The van der Waals surface area contributed by atoms with Crippen LogP contribution in [-0.2, 0) is 4.79 Å². The van der Waals surface area contributed by atoms with Gasteiger partial charge in [0.05, 0.1) is 24.3 Å². The zero-order chi connectivity index (χ0) is 15.1. The topological polar surface area (TPSA) is 46.6 Å². The minimum absolute atomic E-state index is 0.0308. The predicted octanol–water partition coefficient (Wildman–Crippen LogP) is 2.52. The van der Waals surface area contributed by atoms with Gasteiger partial charge in [0.1, 0.15) is 5.75 Å². The van der Waals surface area contributed by atoms with Gasteiger partial charge in [0.25, 0.3) is 0 Å². The maximum absolute atomic E-state index is 13.0. The normalized spacial score (nSPS) is 18.8. The molecular weight excluding hydrogens is 275 g/mol. The van der Waals surface area contributed by atoms with Crippen molar-refractivity contribution in [2.75, 3.05) is 19.1 Å². The molecule has 1 aromatic carbocycles. The van der Waals surface area contributed by atoms with E-state index in [0.717, 1.165) is 11.0 Å². The SMILES string of the molecule is COc1cc2c(cc1C=O)C(C(F)(F)F)CC(=O)N2C. The number of rotatable bonds is 2. The number of alkyl halides is 3. The summed E-state index contributed by atoms with van der Waals surface area (Å²) in [7, 11) is 2.70. The van der Waals surface area contributed by atoms with E-state index in [9.17, 15) is 22.8 Å². The van der Waals surface area contributed by atoms with Crippen LogP contribution in [0.1, 0.15) is 28.3 Å². The van der Waals surface area contributed by atoms with Crippen LogP contribution in [0.2, 0.25) is 0 Å².